The number of hydrogen-bond donors (Lipinski definition) is 1. The summed E-state index contributed by atoms with van der Waals surface area (Å²) in [5, 5.41) is -0.486. The van der Waals surface area contributed by atoms with Gasteiger partial charge in [-0.25, -0.2) is 12.8 Å². The molecule has 0 saturated heterocycles. The van der Waals surface area contributed by atoms with Crippen LogP contribution in [0, 0.1) is 5.92 Å². The molecule has 2 N–H and O–H groups in total. The van der Waals surface area contributed by atoms with Crippen molar-refractivity contribution in [1.29, 1.82) is 0 Å². The van der Waals surface area contributed by atoms with Gasteiger partial charge in [0.05, 0.1) is 5.25 Å². The molecule has 2 atom stereocenters. The lowest BCUT2D eigenvalue weighted by molar-refractivity contribution is 0.361. The summed E-state index contributed by atoms with van der Waals surface area (Å²) in [6.07, 6.45) is 2.98. The molecule has 1 saturated carbocycles. The Morgan fingerprint density at radius 3 is 2.62 bits per heavy atom. The minimum absolute atomic E-state index is 0.264. The van der Waals surface area contributed by atoms with Crippen LogP contribution < -0.4 is 5.73 Å². The lowest BCUT2D eigenvalue weighted by Crippen LogP contribution is -2.32. The van der Waals surface area contributed by atoms with Crippen LogP contribution in [-0.2, 0) is 9.84 Å². The molecule has 0 aromatic heterocycles. The number of halogens is 1. The fourth-order valence-corrected chi connectivity index (χ4v) is 3.14. The van der Waals surface area contributed by atoms with E-state index in [1.54, 1.807) is 0 Å². The van der Waals surface area contributed by atoms with Gasteiger partial charge in [0.15, 0.2) is 15.8 Å². The molecule has 0 amide bonds. The number of sulfone groups is 1. The largest absolute Gasteiger partial charge is 0.330 e. The zero-order chi connectivity index (χ0) is 9.90. The fourth-order valence-electron chi connectivity index (χ4n) is 1.87. The average Bonchev–Trinajstić information content (AvgIpc) is 2.18. The van der Waals surface area contributed by atoms with Crippen molar-refractivity contribution < 1.29 is 12.8 Å². The van der Waals surface area contributed by atoms with Crippen LogP contribution in [-0.4, -0.2) is 26.2 Å². The van der Waals surface area contributed by atoms with Gasteiger partial charge in [0.2, 0.25) is 0 Å². The molecule has 0 spiro atoms. The first kappa shape index (κ1) is 10.9. The van der Waals surface area contributed by atoms with Crippen molar-refractivity contribution in [2.75, 3.05) is 12.6 Å². The first-order valence-electron chi connectivity index (χ1n) is 4.57. The second-order valence-electron chi connectivity index (χ2n) is 3.66. The lowest BCUT2D eigenvalue weighted by Gasteiger charge is -2.26. The molecule has 0 aliphatic heterocycles. The molecule has 1 rings (SSSR count). The van der Waals surface area contributed by atoms with Crippen LogP contribution in [0.5, 0.6) is 0 Å². The van der Waals surface area contributed by atoms with E-state index in [1.165, 1.54) is 0 Å². The second kappa shape index (κ2) is 4.37. The fraction of sp³-hybridized carbons (Fsp3) is 1.00. The molecule has 0 aromatic carbocycles. The van der Waals surface area contributed by atoms with Gasteiger partial charge in [-0.15, -0.1) is 0 Å². The maximum atomic E-state index is 12.2. The molecule has 2 unspecified atom stereocenters. The third kappa shape index (κ3) is 2.64. The van der Waals surface area contributed by atoms with Crippen molar-refractivity contribution in [2.24, 2.45) is 11.7 Å². The third-order valence-corrected chi connectivity index (χ3v) is 4.48. The van der Waals surface area contributed by atoms with E-state index in [0.29, 0.717) is 19.4 Å². The van der Waals surface area contributed by atoms with E-state index in [1.807, 2.05) is 0 Å². The summed E-state index contributed by atoms with van der Waals surface area (Å²) < 4.78 is 34.6. The normalized spacial score (nSPS) is 30.3. The molecule has 1 fully saturated rings. The van der Waals surface area contributed by atoms with Crippen molar-refractivity contribution in [3.8, 4) is 0 Å². The Hall–Kier alpha value is -0.160. The highest BCUT2D eigenvalue weighted by Crippen LogP contribution is 2.28. The molecular formula is C8H16FNO2S. The van der Waals surface area contributed by atoms with E-state index in [9.17, 15) is 12.8 Å². The standard InChI is InChI=1S/C8H16FNO2S/c9-6-13(11,12)8-3-1-2-7(4-8)5-10/h7-8H,1-6,10H2. The molecule has 3 nitrogen and oxygen atoms in total. The van der Waals surface area contributed by atoms with E-state index in [4.69, 9.17) is 5.73 Å². The first-order chi connectivity index (χ1) is 6.10. The van der Waals surface area contributed by atoms with Crippen LogP contribution in [0.2, 0.25) is 0 Å². The maximum Gasteiger partial charge on any atom is 0.191 e. The smallest absolute Gasteiger partial charge is 0.191 e. The van der Waals surface area contributed by atoms with Crippen molar-refractivity contribution in [3.05, 3.63) is 0 Å². The van der Waals surface area contributed by atoms with Gasteiger partial charge in [0, 0.05) is 0 Å². The highest BCUT2D eigenvalue weighted by Gasteiger charge is 2.30. The summed E-state index contributed by atoms with van der Waals surface area (Å²) in [6, 6.07) is -1.23. The summed E-state index contributed by atoms with van der Waals surface area (Å²) in [6.45, 7) is 0.512. The Morgan fingerprint density at radius 1 is 1.38 bits per heavy atom. The summed E-state index contributed by atoms with van der Waals surface area (Å²) in [7, 11) is -3.49. The van der Waals surface area contributed by atoms with Gasteiger partial charge in [0.1, 0.15) is 0 Å². The molecule has 0 heterocycles. The summed E-state index contributed by atoms with van der Waals surface area (Å²) in [5.74, 6) is 0.264. The zero-order valence-corrected chi connectivity index (χ0v) is 8.39. The monoisotopic (exact) mass is 209 g/mol. The summed E-state index contributed by atoms with van der Waals surface area (Å²) in [5.41, 5.74) is 5.46. The molecule has 78 valence electrons. The predicted octanol–water partition coefficient (Wildman–Crippen LogP) is 0.846. The van der Waals surface area contributed by atoms with Gasteiger partial charge in [0.25, 0.3) is 0 Å². The van der Waals surface area contributed by atoms with Crippen LogP contribution in [0.4, 0.5) is 4.39 Å². The molecule has 5 heteroatoms. The minimum Gasteiger partial charge on any atom is -0.330 e. The number of alkyl halides is 1. The Labute approximate surface area is 78.4 Å². The Bertz CT molecular complexity index is 253. The summed E-state index contributed by atoms with van der Waals surface area (Å²) in [4.78, 5) is 0. The first-order valence-corrected chi connectivity index (χ1v) is 6.29. The van der Waals surface area contributed by atoms with E-state index in [2.05, 4.69) is 0 Å². The number of nitrogens with two attached hydrogens (primary N) is 1. The van der Waals surface area contributed by atoms with Crippen molar-refractivity contribution in [1.82, 2.24) is 0 Å². The Kier molecular flexibility index (Phi) is 3.67. The Morgan fingerprint density at radius 2 is 2.08 bits per heavy atom. The van der Waals surface area contributed by atoms with Gasteiger partial charge >= 0.3 is 0 Å². The van der Waals surface area contributed by atoms with Gasteiger partial charge in [-0.3, -0.25) is 0 Å². The van der Waals surface area contributed by atoms with Crippen LogP contribution in [0.3, 0.4) is 0 Å². The average molecular weight is 209 g/mol. The molecular weight excluding hydrogens is 193 g/mol. The highest BCUT2D eigenvalue weighted by molar-refractivity contribution is 7.91. The van der Waals surface area contributed by atoms with Crippen molar-refractivity contribution in [2.45, 2.75) is 30.9 Å². The molecule has 1 aliphatic rings. The van der Waals surface area contributed by atoms with Gasteiger partial charge < -0.3 is 5.73 Å². The van der Waals surface area contributed by atoms with Gasteiger partial charge in [-0.05, 0) is 31.7 Å². The number of rotatable bonds is 3. The zero-order valence-electron chi connectivity index (χ0n) is 7.58. The van der Waals surface area contributed by atoms with Crippen LogP contribution >= 0.6 is 0 Å². The van der Waals surface area contributed by atoms with Crippen LogP contribution in [0.1, 0.15) is 25.7 Å². The Balaban J connectivity index is 2.61. The van der Waals surface area contributed by atoms with Gasteiger partial charge in [-0.2, -0.15) is 0 Å². The number of hydrogen-bond acceptors (Lipinski definition) is 3. The highest BCUT2D eigenvalue weighted by atomic mass is 32.2. The van der Waals surface area contributed by atoms with E-state index in [-0.39, 0.29) is 5.92 Å². The SMILES string of the molecule is NCC1CCCC(S(=O)(=O)CF)C1. The van der Waals surface area contributed by atoms with Gasteiger partial charge in [-0.1, -0.05) is 6.42 Å². The second-order valence-corrected chi connectivity index (χ2v) is 5.87. The topological polar surface area (TPSA) is 60.2 Å². The van der Waals surface area contributed by atoms with E-state index in [0.717, 1.165) is 12.8 Å². The maximum absolute atomic E-state index is 12.2. The predicted molar refractivity (Wildman–Crippen MR) is 49.7 cm³/mol. The molecule has 1 aliphatic carbocycles. The van der Waals surface area contributed by atoms with Crippen molar-refractivity contribution in [3.63, 3.8) is 0 Å². The van der Waals surface area contributed by atoms with Crippen molar-refractivity contribution >= 4 is 9.84 Å². The van der Waals surface area contributed by atoms with Crippen LogP contribution in [0.15, 0.2) is 0 Å². The third-order valence-electron chi connectivity index (χ3n) is 2.73. The molecule has 0 radical (unpaired) electrons. The lowest BCUT2D eigenvalue weighted by atomic mass is 9.89. The van der Waals surface area contributed by atoms with E-state index >= 15 is 0 Å². The van der Waals surface area contributed by atoms with E-state index < -0.39 is 21.1 Å². The van der Waals surface area contributed by atoms with Crippen LogP contribution in [0.25, 0.3) is 0 Å². The molecule has 13 heavy (non-hydrogen) atoms. The quantitative estimate of drug-likeness (QED) is 0.749. The molecule has 0 aromatic rings. The molecule has 0 bridgehead atoms. The summed E-state index contributed by atoms with van der Waals surface area (Å²) >= 11 is 0. The minimum atomic E-state index is -3.49.